The van der Waals surface area contributed by atoms with Crippen LogP contribution in [-0.4, -0.2) is 22.0 Å². The number of nitriles is 1. The maximum atomic E-state index is 12.0. The number of halogens is 1. The highest BCUT2D eigenvalue weighted by molar-refractivity contribution is 6.31. The molecule has 0 bridgehead atoms. The molecule has 0 fully saturated rings. The molecular formula is C14H8ClN3O3. The van der Waals surface area contributed by atoms with Gasteiger partial charge in [0.05, 0.1) is 16.8 Å². The van der Waals surface area contributed by atoms with Gasteiger partial charge in [0, 0.05) is 11.2 Å². The smallest absolute Gasteiger partial charge is 0.337 e. The van der Waals surface area contributed by atoms with Gasteiger partial charge in [-0.05, 0) is 30.3 Å². The first-order valence-electron chi connectivity index (χ1n) is 5.71. The number of carboxylic acids is 1. The Bertz CT molecular complexity index is 751. The number of hydrogen-bond acceptors (Lipinski definition) is 4. The van der Waals surface area contributed by atoms with E-state index in [2.05, 4.69) is 10.3 Å². The highest BCUT2D eigenvalue weighted by Gasteiger charge is 2.12. The number of aromatic nitrogens is 1. The zero-order valence-corrected chi connectivity index (χ0v) is 11.3. The average molecular weight is 302 g/mol. The van der Waals surface area contributed by atoms with E-state index in [-0.39, 0.29) is 22.5 Å². The first kappa shape index (κ1) is 14.5. The van der Waals surface area contributed by atoms with Gasteiger partial charge in [-0.25, -0.2) is 4.79 Å². The van der Waals surface area contributed by atoms with Gasteiger partial charge in [0.1, 0.15) is 11.8 Å². The molecule has 0 radical (unpaired) electrons. The van der Waals surface area contributed by atoms with Crippen molar-refractivity contribution in [2.24, 2.45) is 0 Å². The lowest BCUT2D eigenvalue weighted by Gasteiger charge is -2.07. The summed E-state index contributed by atoms with van der Waals surface area (Å²) in [5, 5.41) is 20.6. The minimum Gasteiger partial charge on any atom is -0.478 e. The second-order valence-corrected chi connectivity index (χ2v) is 4.43. The topological polar surface area (TPSA) is 103 Å². The van der Waals surface area contributed by atoms with E-state index in [4.69, 9.17) is 22.0 Å². The summed E-state index contributed by atoms with van der Waals surface area (Å²) in [6, 6.07) is 8.96. The van der Waals surface area contributed by atoms with Gasteiger partial charge in [-0.15, -0.1) is 0 Å². The number of nitrogens with zero attached hydrogens (tertiary/aromatic N) is 2. The van der Waals surface area contributed by atoms with E-state index >= 15 is 0 Å². The van der Waals surface area contributed by atoms with Crippen molar-refractivity contribution in [3.8, 4) is 6.07 Å². The van der Waals surface area contributed by atoms with Gasteiger partial charge >= 0.3 is 5.97 Å². The van der Waals surface area contributed by atoms with Crippen LogP contribution in [0.3, 0.4) is 0 Å². The molecule has 0 saturated carbocycles. The lowest BCUT2D eigenvalue weighted by molar-refractivity contribution is 0.0696. The van der Waals surface area contributed by atoms with E-state index in [0.717, 1.165) is 6.20 Å². The fourth-order valence-corrected chi connectivity index (χ4v) is 1.73. The number of nitrogens with one attached hydrogen (secondary N) is 1. The van der Waals surface area contributed by atoms with Crippen molar-refractivity contribution in [1.82, 2.24) is 4.98 Å². The van der Waals surface area contributed by atoms with E-state index in [1.807, 2.05) is 6.07 Å². The van der Waals surface area contributed by atoms with Crippen molar-refractivity contribution >= 4 is 29.2 Å². The summed E-state index contributed by atoms with van der Waals surface area (Å²) >= 11 is 5.82. The Hall–Kier alpha value is -2.91. The molecule has 6 nitrogen and oxygen atoms in total. The van der Waals surface area contributed by atoms with E-state index in [0.29, 0.717) is 5.02 Å². The van der Waals surface area contributed by atoms with Crippen molar-refractivity contribution in [3.05, 3.63) is 58.4 Å². The zero-order valence-electron chi connectivity index (χ0n) is 10.5. The van der Waals surface area contributed by atoms with E-state index in [1.165, 1.54) is 30.3 Å². The SMILES string of the molecule is N#Cc1ccc(Cl)cc1NC(=O)c1ccc(C(=O)O)cn1. The predicted molar refractivity (Wildman–Crippen MR) is 75.3 cm³/mol. The number of carboxylic acid groups (broad SMARTS) is 1. The maximum absolute atomic E-state index is 12.0. The zero-order chi connectivity index (χ0) is 15.4. The standard InChI is InChI=1S/C14H8ClN3O3/c15-10-3-1-8(6-16)12(5-10)18-13(19)11-4-2-9(7-17-11)14(20)21/h1-5,7H,(H,18,19)(H,20,21). The molecule has 7 heteroatoms. The summed E-state index contributed by atoms with van der Waals surface area (Å²) in [6.07, 6.45) is 1.08. The molecule has 0 aliphatic heterocycles. The Morgan fingerprint density at radius 3 is 2.62 bits per heavy atom. The van der Waals surface area contributed by atoms with Crippen LogP contribution in [0.15, 0.2) is 36.5 Å². The number of rotatable bonds is 3. The van der Waals surface area contributed by atoms with Crippen LogP contribution in [0.4, 0.5) is 5.69 Å². The highest BCUT2D eigenvalue weighted by atomic mass is 35.5. The molecule has 1 aromatic carbocycles. The van der Waals surface area contributed by atoms with Crippen LogP contribution in [-0.2, 0) is 0 Å². The van der Waals surface area contributed by atoms with Gasteiger partial charge in [-0.3, -0.25) is 9.78 Å². The van der Waals surface area contributed by atoms with Crippen LogP contribution in [0.2, 0.25) is 5.02 Å². The molecule has 2 rings (SSSR count). The molecule has 104 valence electrons. The molecule has 0 spiro atoms. The molecule has 21 heavy (non-hydrogen) atoms. The maximum Gasteiger partial charge on any atom is 0.337 e. The fraction of sp³-hybridized carbons (Fsp3) is 0. The molecule has 2 N–H and O–H groups in total. The summed E-state index contributed by atoms with van der Waals surface area (Å²) in [4.78, 5) is 26.5. The van der Waals surface area contributed by atoms with Crippen molar-refractivity contribution in [3.63, 3.8) is 0 Å². The Balaban J connectivity index is 2.24. The van der Waals surface area contributed by atoms with Crippen LogP contribution in [0.25, 0.3) is 0 Å². The number of aromatic carboxylic acids is 1. The van der Waals surface area contributed by atoms with Crippen LogP contribution >= 0.6 is 11.6 Å². The monoisotopic (exact) mass is 301 g/mol. The van der Waals surface area contributed by atoms with Gasteiger partial charge in [-0.1, -0.05) is 11.6 Å². The van der Waals surface area contributed by atoms with Crippen LogP contribution < -0.4 is 5.32 Å². The van der Waals surface area contributed by atoms with E-state index < -0.39 is 11.9 Å². The number of anilines is 1. The number of carbonyl (C=O) groups excluding carboxylic acids is 1. The molecule has 0 unspecified atom stereocenters. The normalized spacial score (nSPS) is 9.71. The van der Waals surface area contributed by atoms with E-state index in [9.17, 15) is 9.59 Å². The Labute approximate surface area is 124 Å². The van der Waals surface area contributed by atoms with Crippen molar-refractivity contribution in [2.45, 2.75) is 0 Å². The Morgan fingerprint density at radius 1 is 1.29 bits per heavy atom. The van der Waals surface area contributed by atoms with Gasteiger partial charge < -0.3 is 10.4 Å². The molecule has 2 aromatic rings. The lowest BCUT2D eigenvalue weighted by atomic mass is 10.2. The fourth-order valence-electron chi connectivity index (χ4n) is 1.56. The highest BCUT2D eigenvalue weighted by Crippen LogP contribution is 2.20. The van der Waals surface area contributed by atoms with Crippen LogP contribution in [0.1, 0.15) is 26.4 Å². The quantitative estimate of drug-likeness (QED) is 0.906. The second kappa shape index (κ2) is 6.03. The number of amides is 1. The number of hydrogen-bond donors (Lipinski definition) is 2. The Morgan fingerprint density at radius 2 is 2.05 bits per heavy atom. The number of benzene rings is 1. The van der Waals surface area contributed by atoms with Crippen LogP contribution in [0, 0.1) is 11.3 Å². The summed E-state index contributed by atoms with van der Waals surface area (Å²) in [7, 11) is 0. The largest absolute Gasteiger partial charge is 0.478 e. The minimum absolute atomic E-state index is 0.0213. The predicted octanol–water partition coefficient (Wildman–Crippen LogP) is 2.56. The first-order chi connectivity index (χ1) is 10.0. The third kappa shape index (κ3) is 3.35. The second-order valence-electron chi connectivity index (χ2n) is 3.99. The minimum atomic E-state index is -1.13. The van der Waals surface area contributed by atoms with Crippen molar-refractivity contribution in [2.75, 3.05) is 5.32 Å². The molecule has 1 aromatic heterocycles. The third-order valence-electron chi connectivity index (χ3n) is 2.59. The van der Waals surface area contributed by atoms with Crippen molar-refractivity contribution < 1.29 is 14.7 Å². The summed E-state index contributed by atoms with van der Waals surface area (Å²) in [5.41, 5.74) is 0.532. The molecular weight excluding hydrogens is 294 g/mol. The summed E-state index contributed by atoms with van der Waals surface area (Å²) in [5.74, 6) is -1.69. The molecule has 1 amide bonds. The molecule has 0 atom stereocenters. The molecule has 1 heterocycles. The van der Waals surface area contributed by atoms with Gasteiger partial charge in [0.15, 0.2) is 0 Å². The number of pyridine rings is 1. The van der Waals surface area contributed by atoms with Gasteiger partial charge in [0.2, 0.25) is 0 Å². The lowest BCUT2D eigenvalue weighted by Crippen LogP contribution is -2.15. The van der Waals surface area contributed by atoms with E-state index in [1.54, 1.807) is 0 Å². The first-order valence-corrected chi connectivity index (χ1v) is 6.09. The number of carbonyl (C=O) groups is 2. The Kier molecular flexibility index (Phi) is 4.16. The summed E-state index contributed by atoms with van der Waals surface area (Å²) < 4.78 is 0. The van der Waals surface area contributed by atoms with Gasteiger partial charge in [-0.2, -0.15) is 5.26 Å². The molecule has 0 aliphatic carbocycles. The molecule has 0 saturated heterocycles. The molecule has 0 aliphatic rings. The summed E-state index contributed by atoms with van der Waals surface area (Å²) in [6.45, 7) is 0. The van der Waals surface area contributed by atoms with Gasteiger partial charge in [0.25, 0.3) is 5.91 Å². The third-order valence-corrected chi connectivity index (χ3v) is 2.83. The average Bonchev–Trinajstić information content (AvgIpc) is 2.47. The van der Waals surface area contributed by atoms with Crippen LogP contribution in [0.5, 0.6) is 0 Å². The van der Waals surface area contributed by atoms with Crippen molar-refractivity contribution in [1.29, 1.82) is 5.26 Å².